The van der Waals surface area contributed by atoms with Crippen LogP contribution in [0.4, 0.5) is 0 Å². The van der Waals surface area contributed by atoms with E-state index < -0.39 is 28.9 Å². The van der Waals surface area contributed by atoms with Crippen molar-refractivity contribution in [3.8, 4) is 11.5 Å². The number of ether oxygens (including phenoxy) is 3. The van der Waals surface area contributed by atoms with Crippen LogP contribution in [-0.2, 0) is 30.1 Å². The summed E-state index contributed by atoms with van der Waals surface area (Å²) in [6.45, 7) is 4.08. The molecule has 32 heavy (non-hydrogen) atoms. The second kappa shape index (κ2) is 6.79. The van der Waals surface area contributed by atoms with Gasteiger partial charge in [-0.1, -0.05) is 42.5 Å². The molecule has 2 atom stereocenters. The Morgan fingerprint density at radius 2 is 1.19 bits per heavy atom. The Kier molecular flexibility index (Phi) is 4.24. The van der Waals surface area contributed by atoms with Gasteiger partial charge in [0.05, 0.1) is 5.41 Å². The molecule has 0 saturated heterocycles. The summed E-state index contributed by atoms with van der Waals surface area (Å²) in [5, 5.41) is 0. The van der Waals surface area contributed by atoms with E-state index in [2.05, 4.69) is 0 Å². The minimum atomic E-state index is -1.04. The molecule has 5 rings (SSSR count). The average molecular weight is 428 g/mol. The molecule has 0 saturated carbocycles. The quantitative estimate of drug-likeness (QED) is 0.462. The van der Waals surface area contributed by atoms with Crippen LogP contribution in [0.25, 0.3) is 0 Å². The normalized spacial score (nSPS) is 21.6. The van der Waals surface area contributed by atoms with Gasteiger partial charge in [0.2, 0.25) is 0 Å². The Balaban J connectivity index is 1.74. The summed E-state index contributed by atoms with van der Waals surface area (Å²) >= 11 is 0. The number of hydrogen-bond acceptors (Lipinski definition) is 6. The van der Waals surface area contributed by atoms with Crippen LogP contribution < -0.4 is 9.47 Å². The summed E-state index contributed by atoms with van der Waals surface area (Å²) in [5.74, 6) is -0.402. The van der Waals surface area contributed by atoms with Gasteiger partial charge in [0.1, 0.15) is 11.5 Å². The molecule has 3 aromatic rings. The van der Waals surface area contributed by atoms with Gasteiger partial charge in [0, 0.05) is 31.9 Å². The summed E-state index contributed by atoms with van der Waals surface area (Å²) in [4.78, 5) is 35.1. The second-order valence-electron chi connectivity index (χ2n) is 7.99. The number of rotatable bonds is 4. The Bertz CT molecular complexity index is 1290. The molecule has 2 aliphatic carbocycles. The molecule has 0 spiro atoms. The van der Waals surface area contributed by atoms with Crippen LogP contribution in [0.1, 0.15) is 48.6 Å². The lowest BCUT2D eigenvalue weighted by molar-refractivity contribution is -0.167. The van der Waals surface area contributed by atoms with E-state index in [-0.39, 0.29) is 0 Å². The molecule has 0 unspecified atom stereocenters. The standard InChI is InChI=1S/C26H20O6/c1-15(27)30-19-10-8-18(9-11-19)25-21-6-4-5-7-23(21)26(25,32-17(3)29)24-14-20(31-16(2)28)12-13-22(24)25/h4-14H,1-3H3/t25-,26+/m1/s1. The molecular formula is C26H20O6. The predicted molar refractivity (Wildman–Crippen MR) is 114 cm³/mol. The van der Waals surface area contributed by atoms with Crippen molar-refractivity contribution in [1.82, 2.24) is 0 Å². The number of carbonyl (C=O) groups excluding carboxylic acids is 3. The molecule has 6 nitrogen and oxygen atoms in total. The summed E-state index contributed by atoms with van der Waals surface area (Å²) in [7, 11) is 0. The van der Waals surface area contributed by atoms with Crippen molar-refractivity contribution in [1.29, 1.82) is 0 Å². The number of hydrogen-bond donors (Lipinski definition) is 0. The highest BCUT2D eigenvalue weighted by atomic mass is 16.6. The molecule has 0 radical (unpaired) electrons. The van der Waals surface area contributed by atoms with Crippen molar-refractivity contribution in [2.75, 3.05) is 0 Å². The molecule has 3 aromatic carbocycles. The third-order valence-electron chi connectivity index (χ3n) is 6.12. The highest BCUT2D eigenvalue weighted by Gasteiger charge is 2.76. The van der Waals surface area contributed by atoms with Crippen LogP contribution in [0.2, 0.25) is 0 Å². The summed E-state index contributed by atoms with van der Waals surface area (Å²) < 4.78 is 16.6. The SMILES string of the molecule is CC(=O)Oc1ccc([C@]23c4ccccc4[C@]2(OC(C)=O)c2cc(OC(C)=O)ccc23)cc1. The van der Waals surface area contributed by atoms with Crippen LogP contribution in [0.15, 0.2) is 66.7 Å². The van der Waals surface area contributed by atoms with Crippen LogP contribution in [0.5, 0.6) is 11.5 Å². The lowest BCUT2D eigenvalue weighted by Gasteiger charge is -2.67. The van der Waals surface area contributed by atoms with E-state index in [1.54, 1.807) is 24.3 Å². The van der Waals surface area contributed by atoms with Gasteiger partial charge in [0.25, 0.3) is 0 Å². The van der Waals surface area contributed by atoms with Gasteiger partial charge in [-0.15, -0.1) is 0 Å². The smallest absolute Gasteiger partial charge is 0.308 e. The molecule has 160 valence electrons. The zero-order valence-corrected chi connectivity index (χ0v) is 17.8. The molecule has 0 heterocycles. The maximum atomic E-state index is 12.3. The van der Waals surface area contributed by atoms with Gasteiger partial charge in [-0.05, 0) is 41.0 Å². The first-order chi connectivity index (χ1) is 15.3. The summed E-state index contributed by atoms with van der Waals surface area (Å²) in [6.07, 6.45) is 0. The minimum absolute atomic E-state index is 0.394. The lowest BCUT2D eigenvalue weighted by Crippen LogP contribution is -2.69. The Morgan fingerprint density at radius 3 is 1.81 bits per heavy atom. The molecule has 2 aliphatic rings. The van der Waals surface area contributed by atoms with Crippen molar-refractivity contribution >= 4 is 17.9 Å². The van der Waals surface area contributed by atoms with E-state index in [4.69, 9.17) is 14.2 Å². The molecule has 0 aliphatic heterocycles. The highest BCUT2D eigenvalue weighted by molar-refractivity contribution is 5.84. The predicted octanol–water partition coefficient (Wildman–Crippen LogP) is 4.01. The van der Waals surface area contributed by atoms with Gasteiger partial charge in [-0.2, -0.15) is 0 Å². The number of fused-ring (bicyclic) bond motifs is 7. The Labute approximate surface area is 184 Å². The molecule has 0 amide bonds. The molecule has 0 N–H and O–H groups in total. The topological polar surface area (TPSA) is 78.9 Å². The monoisotopic (exact) mass is 428 g/mol. The molecule has 0 fully saturated rings. The summed E-state index contributed by atoms with van der Waals surface area (Å²) in [5.41, 5.74) is 2.84. The second-order valence-corrected chi connectivity index (χ2v) is 7.99. The minimum Gasteiger partial charge on any atom is -0.448 e. The van der Waals surface area contributed by atoms with Gasteiger partial charge < -0.3 is 14.2 Å². The fourth-order valence-corrected chi connectivity index (χ4v) is 5.29. The number of carbonyl (C=O) groups is 3. The van der Waals surface area contributed by atoms with Crippen molar-refractivity contribution in [2.24, 2.45) is 0 Å². The average Bonchev–Trinajstić information content (AvgIpc) is 2.73. The molecule has 0 aromatic heterocycles. The van der Waals surface area contributed by atoms with E-state index in [9.17, 15) is 14.4 Å². The third-order valence-corrected chi connectivity index (χ3v) is 6.12. The third kappa shape index (κ3) is 2.43. The van der Waals surface area contributed by atoms with Crippen LogP contribution in [-0.4, -0.2) is 17.9 Å². The van der Waals surface area contributed by atoms with E-state index >= 15 is 0 Å². The molecule has 6 heteroatoms. The van der Waals surface area contributed by atoms with Crippen molar-refractivity contribution < 1.29 is 28.6 Å². The maximum Gasteiger partial charge on any atom is 0.308 e. The van der Waals surface area contributed by atoms with E-state index in [1.165, 1.54) is 20.8 Å². The number of esters is 3. The van der Waals surface area contributed by atoms with Gasteiger partial charge >= 0.3 is 17.9 Å². The van der Waals surface area contributed by atoms with Crippen molar-refractivity contribution in [2.45, 2.75) is 31.8 Å². The van der Waals surface area contributed by atoms with Crippen LogP contribution in [0, 0.1) is 0 Å². The Morgan fingerprint density at radius 1 is 0.625 bits per heavy atom. The summed E-state index contributed by atoms with van der Waals surface area (Å²) in [6, 6.07) is 20.5. The fourth-order valence-electron chi connectivity index (χ4n) is 5.29. The van der Waals surface area contributed by atoms with E-state index in [0.717, 1.165) is 27.8 Å². The lowest BCUT2D eigenvalue weighted by atomic mass is 9.37. The first-order valence-electron chi connectivity index (χ1n) is 10.2. The molecule has 0 bridgehead atoms. The first kappa shape index (κ1) is 20.0. The van der Waals surface area contributed by atoms with Crippen LogP contribution >= 0.6 is 0 Å². The van der Waals surface area contributed by atoms with Gasteiger partial charge in [-0.25, -0.2) is 0 Å². The van der Waals surface area contributed by atoms with E-state index in [1.807, 2.05) is 42.5 Å². The number of benzene rings is 3. The molecular weight excluding hydrogens is 408 g/mol. The van der Waals surface area contributed by atoms with Gasteiger partial charge in [0.15, 0.2) is 5.60 Å². The van der Waals surface area contributed by atoms with Crippen molar-refractivity contribution in [3.63, 3.8) is 0 Å². The largest absolute Gasteiger partial charge is 0.448 e. The maximum absolute atomic E-state index is 12.3. The Hall–Kier alpha value is -3.93. The van der Waals surface area contributed by atoms with Gasteiger partial charge in [-0.3, -0.25) is 14.4 Å². The fraction of sp³-hybridized carbons (Fsp3) is 0.192. The van der Waals surface area contributed by atoms with Crippen LogP contribution in [0.3, 0.4) is 0 Å². The zero-order chi connectivity index (χ0) is 22.7. The highest BCUT2D eigenvalue weighted by Crippen LogP contribution is 2.74. The van der Waals surface area contributed by atoms with Crippen molar-refractivity contribution in [3.05, 3.63) is 94.5 Å². The van der Waals surface area contributed by atoms with E-state index in [0.29, 0.717) is 11.5 Å². The first-order valence-corrected chi connectivity index (χ1v) is 10.2. The zero-order valence-electron chi connectivity index (χ0n) is 17.8.